The zero-order valence-corrected chi connectivity index (χ0v) is 18.9. The first-order chi connectivity index (χ1) is 13.9. The van der Waals surface area contributed by atoms with Crippen molar-refractivity contribution in [2.24, 2.45) is 0 Å². The number of benzene rings is 2. The van der Waals surface area contributed by atoms with Gasteiger partial charge in [0.05, 0.1) is 11.7 Å². The Morgan fingerprint density at radius 2 is 1.90 bits per heavy atom. The summed E-state index contributed by atoms with van der Waals surface area (Å²) in [5.74, 6) is 0.801. The van der Waals surface area contributed by atoms with E-state index in [1.165, 1.54) is 5.56 Å². The van der Waals surface area contributed by atoms with E-state index in [-0.39, 0.29) is 0 Å². The molecular formula is C20H19Cl3N4OS. The number of rotatable bonds is 7. The number of aromatic nitrogens is 3. The first-order valence-corrected chi connectivity index (χ1v) is 11.1. The van der Waals surface area contributed by atoms with Crippen LogP contribution < -0.4 is 5.32 Å². The van der Waals surface area contributed by atoms with E-state index in [1.807, 2.05) is 47.9 Å². The fraction of sp³-hybridized carbons (Fsp3) is 0.250. The van der Waals surface area contributed by atoms with E-state index in [1.54, 1.807) is 18.7 Å². The highest BCUT2D eigenvalue weighted by atomic mass is 35.5. The van der Waals surface area contributed by atoms with Crippen LogP contribution in [0.1, 0.15) is 29.9 Å². The highest BCUT2D eigenvalue weighted by Crippen LogP contribution is 2.30. The molecule has 1 heterocycles. The summed E-state index contributed by atoms with van der Waals surface area (Å²) in [4.78, 5) is 10.8. The molecule has 29 heavy (non-hydrogen) atoms. The lowest BCUT2D eigenvalue weighted by molar-refractivity contribution is -0.120. The summed E-state index contributed by atoms with van der Waals surface area (Å²) in [5.41, 5.74) is 3.02. The number of carbonyl (C=O) groups is 1. The smallest absolute Gasteiger partial charge is 0.253 e. The van der Waals surface area contributed by atoms with E-state index in [4.69, 9.17) is 34.8 Å². The number of carbonyl (C=O) groups excluding carboxylic acids is 1. The number of alkyl halides is 2. The molecule has 0 saturated heterocycles. The maximum atomic E-state index is 12.0. The summed E-state index contributed by atoms with van der Waals surface area (Å²) < 4.78 is 1.91. The molecule has 0 aliphatic heterocycles. The van der Waals surface area contributed by atoms with E-state index in [0.29, 0.717) is 16.0 Å². The van der Waals surface area contributed by atoms with Gasteiger partial charge in [0, 0.05) is 10.8 Å². The summed E-state index contributed by atoms with van der Waals surface area (Å²) in [6.45, 7) is 3.79. The molecule has 9 heteroatoms. The fourth-order valence-corrected chi connectivity index (χ4v) is 3.97. The number of aryl methyl sites for hydroxylation is 1. The lowest BCUT2D eigenvalue weighted by Gasteiger charge is -2.18. The molecule has 0 aliphatic carbocycles. The molecule has 1 amide bonds. The molecule has 1 atom stereocenters. The molecular weight excluding hydrogens is 451 g/mol. The Kier molecular flexibility index (Phi) is 7.46. The molecule has 2 aromatic carbocycles. The summed E-state index contributed by atoms with van der Waals surface area (Å²) in [5, 5.41) is 12.8. The number of nitrogens with one attached hydrogen (secondary N) is 1. The van der Waals surface area contributed by atoms with Gasteiger partial charge in [-0.1, -0.05) is 83.0 Å². The van der Waals surface area contributed by atoms with E-state index < -0.39 is 16.8 Å². The minimum absolute atomic E-state index is 0.459. The average molecular weight is 470 g/mol. The Bertz CT molecular complexity index is 995. The van der Waals surface area contributed by atoms with Crippen molar-refractivity contribution in [2.45, 2.75) is 35.6 Å². The number of hydrogen-bond acceptors (Lipinski definition) is 4. The summed E-state index contributed by atoms with van der Waals surface area (Å²) in [6, 6.07) is 15.3. The van der Waals surface area contributed by atoms with Gasteiger partial charge in [0.1, 0.15) is 0 Å². The van der Waals surface area contributed by atoms with Crippen LogP contribution in [0.25, 0.3) is 5.69 Å². The SMILES string of the molecule is Cc1ccc(Cl)cc1-n1c(SCc2ccccc2)nnc1C(C)NC(=O)C(Cl)Cl. The average Bonchev–Trinajstić information content (AvgIpc) is 3.12. The topological polar surface area (TPSA) is 59.8 Å². The van der Waals surface area contributed by atoms with Crippen LogP contribution in [0.3, 0.4) is 0 Å². The highest BCUT2D eigenvalue weighted by molar-refractivity contribution is 7.98. The van der Waals surface area contributed by atoms with Crippen molar-refractivity contribution in [3.63, 3.8) is 0 Å². The first kappa shape index (κ1) is 22.0. The van der Waals surface area contributed by atoms with Crippen molar-refractivity contribution in [3.05, 3.63) is 70.5 Å². The molecule has 0 saturated carbocycles. The quantitative estimate of drug-likeness (QED) is 0.366. The molecule has 152 valence electrons. The zero-order chi connectivity index (χ0) is 21.0. The van der Waals surface area contributed by atoms with Crippen molar-refractivity contribution < 1.29 is 4.79 Å². The van der Waals surface area contributed by atoms with Crippen LogP contribution in [0.5, 0.6) is 0 Å². The van der Waals surface area contributed by atoms with Gasteiger partial charge >= 0.3 is 0 Å². The van der Waals surface area contributed by atoms with Gasteiger partial charge in [0.25, 0.3) is 5.91 Å². The molecule has 3 rings (SSSR count). The zero-order valence-electron chi connectivity index (χ0n) is 15.8. The molecule has 0 fully saturated rings. The van der Waals surface area contributed by atoms with Gasteiger partial charge in [-0.2, -0.15) is 0 Å². The van der Waals surface area contributed by atoms with Crippen molar-refractivity contribution in [3.8, 4) is 5.69 Å². The number of hydrogen-bond donors (Lipinski definition) is 1. The third kappa shape index (κ3) is 5.45. The predicted molar refractivity (Wildman–Crippen MR) is 119 cm³/mol. The normalized spacial score (nSPS) is 12.2. The van der Waals surface area contributed by atoms with E-state index in [2.05, 4.69) is 27.6 Å². The van der Waals surface area contributed by atoms with E-state index in [0.717, 1.165) is 17.0 Å². The van der Waals surface area contributed by atoms with Crippen molar-refractivity contribution in [1.29, 1.82) is 0 Å². The first-order valence-electron chi connectivity index (χ1n) is 8.84. The van der Waals surface area contributed by atoms with Crippen LogP contribution in [-0.2, 0) is 10.5 Å². The molecule has 5 nitrogen and oxygen atoms in total. The van der Waals surface area contributed by atoms with E-state index >= 15 is 0 Å². The van der Waals surface area contributed by atoms with Crippen molar-refractivity contribution in [1.82, 2.24) is 20.1 Å². The Labute approximate surface area is 188 Å². The molecule has 1 unspecified atom stereocenters. The van der Waals surface area contributed by atoms with Crippen LogP contribution in [0.2, 0.25) is 5.02 Å². The molecule has 0 aliphatic rings. The monoisotopic (exact) mass is 468 g/mol. The summed E-state index contributed by atoms with van der Waals surface area (Å²) in [6.07, 6.45) is 0. The molecule has 1 N–H and O–H groups in total. The number of nitrogens with zero attached hydrogens (tertiary/aromatic N) is 3. The molecule has 0 bridgehead atoms. The van der Waals surface area contributed by atoms with Crippen LogP contribution in [0.4, 0.5) is 0 Å². The van der Waals surface area contributed by atoms with Gasteiger partial charge in [-0.25, -0.2) is 0 Å². The number of thioether (sulfide) groups is 1. The second kappa shape index (κ2) is 9.85. The lowest BCUT2D eigenvalue weighted by Crippen LogP contribution is -2.32. The van der Waals surface area contributed by atoms with Gasteiger partial charge in [-0.3, -0.25) is 9.36 Å². The molecule has 0 radical (unpaired) electrons. The third-order valence-corrected chi connectivity index (χ3v) is 5.86. The predicted octanol–water partition coefficient (Wildman–Crippen LogP) is 5.50. The molecule has 3 aromatic rings. The number of amides is 1. The maximum absolute atomic E-state index is 12.0. The fourth-order valence-electron chi connectivity index (χ4n) is 2.77. The Hall–Kier alpha value is -1.73. The second-order valence-corrected chi connectivity index (χ2v) is 8.89. The largest absolute Gasteiger partial charge is 0.344 e. The Morgan fingerprint density at radius 3 is 2.59 bits per heavy atom. The maximum Gasteiger partial charge on any atom is 0.253 e. The van der Waals surface area contributed by atoms with Crippen molar-refractivity contribution in [2.75, 3.05) is 0 Å². The highest BCUT2D eigenvalue weighted by Gasteiger charge is 2.23. The van der Waals surface area contributed by atoms with Gasteiger partial charge in [-0.15, -0.1) is 10.2 Å². The Morgan fingerprint density at radius 1 is 1.17 bits per heavy atom. The van der Waals surface area contributed by atoms with Gasteiger partial charge < -0.3 is 5.32 Å². The van der Waals surface area contributed by atoms with Crippen LogP contribution in [0.15, 0.2) is 53.7 Å². The minimum atomic E-state index is -1.16. The van der Waals surface area contributed by atoms with Gasteiger partial charge in [0.2, 0.25) is 0 Å². The van der Waals surface area contributed by atoms with Gasteiger partial charge in [0.15, 0.2) is 15.8 Å². The van der Waals surface area contributed by atoms with Crippen LogP contribution in [0, 0.1) is 6.92 Å². The minimum Gasteiger partial charge on any atom is -0.344 e. The standard InChI is InChI=1S/C20H19Cl3N4OS/c1-12-8-9-15(21)10-16(12)27-18(13(2)24-19(28)17(22)23)25-26-20(27)29-11-14-6-4-3-5-7-14/h3-10,13,17H,11H2,1-2H3,(H,24,28). The van der Waals surface area contributed by atoms with Gasteiger partial charge in [-0.05, 0) is 37.1 Å². The third-order valence-electron chi connectivity index (χ3n) is 4.23. The Balaban J connectivity index is 1.99. The summed E-state index contributed by atoms with van der Waals surface area (Å²) in [7, 11) is 0. The van der Waals surface area contributed by atoms with Crippen LogP contribution in [-0.4, -0.2) is 25.5 Å². The molecule has 0 spiro atoms. The van der Waals surface area contributed by atoms with Crippen LogP contribution >= 0.6 is 46.6 Å². The summed E-state index contributed by atoms with van der Waals surface area (Å²) >= 11 is 19.2. The van der Waals surface area contributed by atoms with Crippen molar-refractivity contribution >= 4 is 52.5 Å². The molecule has 1 aromatic heterocycles. The lowest BCUT2D eigenvalue weighted by atomic mass is 10.2. The second-order valence-electron chi connectivity index (χ2n) is 6.41. The number of halogens is 3. The van der Waals surface area contributed by atoms with E-state index in [9.17, 15) is 4.79 Å².